The summed E-state index contributed by atoms with van der Waals surface area (Å²) >= 11 is 0. The Hall–Kier alpha value is -2.23. The molecule has 0 bridgehead atoms. The third-order valence-corrected chi connectivity index (χ3v) is 2.61. The molecule has 2 rings (SSSR count). The van der Waals surface area contributed by atoms with Crippen LogP contribution in [0, 0.1) is 5.82 Å². The van der Waals surface area contributed by atoms with Gasteiger partial charge in [0.2, 0.25) is 0 Å². The minimum atomic E-state index is -0.273. The summed E-state index contributed by atoms with van der Waals surface area (Å²) in [6.45, 7) is 0.439. The van der Waals surface area contributed by atoms with Crippen LogP contribution in [0.2, 0.25) is 0 Å². The predicted octanol–water partition coefficient (Wildman–Crippen LogP) is 3.15. The molecule has 0 aliphatic carbocycles. The second-order valence-electron chi connectivity index (χ2n) is 3.86. The van der Waals surface area contributed by atoms with Crippen LogP contribution in [-0.2, 0) is 6.54 Å². The summed E-state index contributed by atoms with van der Waals surface area (Å²) in [6, 6.07) is 11.1. The summed E-state index contributed by atoms with van der Waals surface area (Å²) in [5.41, 5.74) is 1.51. The number of nitrogens with one attached hydrogen (secondary N) is 1. The van der Waals surface area contributed by atoms with E-state index < -0.39 is 0 Å². The van der Waals surface area contributed by atoms with Crippen LogP contribution in [0.1, 0.15) is 5.56 Å². The van der Waals surface area contributed by atoms with E-state index in [4.69, 9.17) is 4.74 Å². The first kappa shape index (κ1) is 12.2. The highest BCUT2D eigenvalue weighted by Crippen LogP contribution is 2.23. The SMILES string of the molecule is COc1ccc(O)c(CNc2ccc(F)cc2)c1. The highest BCUT2D eigenvalue weighted by Gasteiger charge is 2.03. The Morgan fingerprint density at radius 2 is 1.89 bits per heavy atom. The fourth-order valence-electron chi connectivity index (χ4n) is 1.60. The van der Waals surface area contributed by atoms with Crippen LogP contribution < -0.4 is 10.1 Å². The van der Waals surface area contributed by atoms with Gasteiger partial charge in [-0.15, -0.1) is 0 Å². The van der Waals surface area contributed by atoms with Crippen molar-refractivity contribution in [2.24, 2.45) is 0 Å². The number of aromatic hydroxyl groups is 1. The summed E-state index contributed by atoms with van der Waals surface area (Å²) in [5.74, 6) is 0.610. The van der Waals surface area contributed by atoms with Crippen molar-refractivity contribution in [3.63, 3.8) is 0 Å². The molecule has 0 aliphatic rings. The quantitative estimate of drug-likeness (QED) is 0.872. The minimum absolute atomic E-state index is 0.199. The molecule has 4 heteroatoms. The topological polar surface area (TPSA) is 41.5 Å². The van der Waals surface area contributed by atoms with E-state index in [1.54, 1.807) is 37.4 Å². The van der Waals surface area contributed by atoms with Gasteiger partial charge >= 0.3 is 0 Å². The number of phenolic OH excluding ortho intramolecular Hbond substituents is 1. The van der Waals surface area contributed by atoms with Crippen molar-refractivity contribution in [2.75, 3.05) is 12.4 Å². The van der Waals surface area contributed by atoms with Crippen molar-refractivity contribution < 1.29 is 14.2 Å². The number of halogens is 1. The third-order valence-electron chi connectivity index (χ3n) is 2.61. The fourth-order valence-corrected chi connectivity index (χ4v) is 1.60. The van der Waals surface area contributed by atoms with Crippen LogP contribution in [0.25, 0.3) is 0 Å². The monoisotopic (exact) mass is 247 g/mol. The maximum Gasteiger partial charge on any atom is 0.123 e. The lowest BCUT2D eigenvalue weighted by Gasteiger charge is -2.09. The molecule has 0 amide bonds. The molecule has 2 N–H and O–H groups in total. The molecule has 0 aliphatic heterocycles. The number of hydrogen-bond acceptors (Lipinski definition) is 3. The zero-order valence-corrected chi connectivity index (χ0v) is 9.98. The Morgan fingerprint density at radius 1 is 1.17 bits per heavy atom. The van der Waals surface area contributed by atoms with Crippen LogP contribution in [0.4, 0.5) is 10.1 Å². The van der Waals surface area contributed by atoms with Crippen LogP contribution in [0.3, 0.4) is 0 Å². The van der Waals surface area contributed by atoms with Crippen molar-refractivity contribution in [3.05, 3.63) is 53.8 Å². The zero-order chi connectivity index (χ0) is 13.0. The van der Waals surface area contributed by atoms with Crippen molar-refractivity contribution in [3.8, 4) is 11.5 Å². The lowest BCUT2D eigenvalue weighted by Crippen LogP contribution is -2.00. The van der Waals surface area contributed by atoms with Crippen LogP contribution in [0.15, 0.2) is 42.5 Å². The van der Waals surface area contributed by atoms with E-state index in [1.165, 1.54) is 12.1 Å². The molecule has 0 unspecified atom stereocenters. The van der Waals surface area contributed by atoms with Gasteiger partial charge in [0.1, 0.15) is 17.3 Å². The maximum absolute atomic E-state index is 12.7. The van der Waals surface area contributed by atoms with Crippen molar-refractivity contribution in [1.82, 2.24) is 0 Å². The number of ether oxygens (including phenoxy) is 1. The van der Waals surface area contributed by atoms with Gasteiger partial charge in [-0.2, -0.15) is 0 Å². The van der Waals surface area contributed by atoms with Gasteiger partial charge in [-0.25, -0.2) is 4.39 Å². The van der Waals surface area contributed by atoms with Crippen molar-refractivity contribution in [2.45, 2.75) is 6.54 Å². The molecular weight excluding hydrogens is 233 g/mol. The van der Waals surface area contributed by atoms with Gasteiger partial charge in [-0.1, -0.05) is 0 Å². The molecule has 0 atom stereocenters. The molecular formula is C14H14FNO2. The molecule has 0 saturated carbocycles. The summed E-state index contributed by atoms with van der Waals surface area (Å²) in [7, 11) is 1.57. The molecule has 2 aromatic rings. The molecule has 0 radical (unpaired) electrons. The number of rotatable bonds is 4. The Labute approximate surface area is 105 Å². The molecule has 18 heavy (non-hydrogen) atoms. The van der Waals surface area contributed by atoms with E-state index in [-0.39, 0.29) is 11.6 Å². The van der Waals surface area contributed by atoms with Gasteiger partial charge in [0.15, 0.2) is 0 Å². The predicted molar refractivity (Wildman–Crippen MR) is 68.4 cm³/mol. The first-order valence-electron chi connectivity index (χ1n) is 5.54. The van der Waals surface area contributed by atoms with E-state index in [1.807, 2.05) is 0 Å². The summed E-state index contributed by atoms with van der Waals surface area (Å²) in [6.07, 6.45) is 0. The highest BCUT2D eigenvalue weighted by atomic mass is 19.1. The standard InChI is InChI=1S/C14H14FNO2/c1-18-13-6-7-14(17)10(8-13)9-16-12-4-2-11(15)3-5-12/h2-8,16-17H,9H2,1H3. The lowest BCUT2D eigenvalue weighted by atomic mass is 10.2. The largest absolute Gasteiger partial charge is 0.508 e. The average molecular weight is 247 g/mol. The van der Waals surface area contributed by atoms with E-state index in [0.717, 1.165) is 11.3 Å². The number of anilines is 1. The molecule has 0 heterocycles. The molecule has 0 saturated heterocycles. The van der Waals surface area contributed by atoms with Gasteiger partial charge in [-0.3, -0.25) is 0 Å². The Kier molecular flexibility index (Phi) is 3.67. The lowest BCUT2D eigenvalue weighted by molar-refractivity contribution is 0.411. The third kappa shape index (κ3) is 2.91. The summed E-state index contributed by atoms with van der Waals surface area (Å²) in [5, 5.41) is 12.8. The van der Waals surface area contributed by atoms with Gasteiger partial charge < -0.3 is 15.2 Å². The van der Waals surface area contributed by atoms with Crippen LogP contribution in [0.5, 0.6) is 11.5 Å². The molecule has 0 fully saturated rings. The van der Waals surface area contributed by atoms with E-state index in [9.17, 15) is 9.50 Å². The molecule has 0 aromatic heterocycles. The molecule has 2 aromatic carbocycles. The van der Waals surface area contributed by atoms with Crippen LogP contribution in [-0.4, -0.2) is 12.2 Å². The van der Waals surface area contributed by atoms with E-state index >= 15 is 0 Å². The van der Waals surface area contributed by atoms with Gasteiger partial charge in [0, 0.05) is 17.8 Å². The van der Waals surface area contributed by atoms with Crippen molar-refractivity contribution in [1.29, 1.82) is 0 Å². The Morgan fingerprint density at radius 3 is 2.56 bits per heavy atom. The number of hydrogen-bond donors (Lipinski definition) is 2. The van der Waals surface area contributed by atoms with Crippen LogP contribution >= 0.6 is 0 Å². The zero-order valence-electron chi connectivity index (χ0n) is 9.98. The number of phenols is 1. The van der Waals surface area contributed by atoms with Crippen molar-refractivity contribution >= 4 is 5.69 Å². The number of benzene rings is 2. The second kappa shape index (κ2) is 5.40. The Bertz CT molecular complexity index is 526. The minimum Gasteiger partial charge on any atom is -0.508 e. The van der Waals surface area contributed by atoms with Gasteiger partial charge in [-0.05, 0) is 42.5 Å². The van der Waals surface area contributed by atoms with E-state index in [0.29, 0.717) is 12.3 Å². The summed E-state index contributed by atoms with van der Waals surface area (Å²) in [4.78, 5) is 0. The smallest absolute Gasteiger partial charge is 0.123 e. The second-order valence-corrected chi connectivity index (χ2v) is 3.86. The normalized spacial score (nSPS) is 10.1. The summed E-state index contributed by atoms with van der Waals surface area (Å²) < 4.78 is 17.8. The van der Waals surface area contributed by atoms with Gasteiger partial charge in [0.05, 0.1) is 7.11 Å². The van der Waals surface area contributed by atoms with E-state index in [2.05, 4.69) is 5.32 Å². The molecule has 94 valence electrons. The highest BCUT2D eigenvalue weighted by molar-refractivity contribution is 5.46. The molecule has 3 nitrogen and oxygen atoms in total. The Balaban J connectivity index is 2.07. The first-order valence-corrected chi connectivity index (χ1v) is 5.54. The fraction of sp³-hybridized carbons (Fsp3) is 0.143. The molecule has 0 spiro atoms. The average Bonchev–Trinajstić information content (AvgIpc) is 2.40. The maximum atomic E-state index is 12.7. The first-order chi connectivity index (χ1) is 8.69. The number of methoxy groups -OCH3 is 1. The van der Waals surface area contributed by atoms with Gasteiger partial charge in [0.25, 0.3) is 0 Å².